The molecule has 7 heteroatoms. The zero-order valence-corrected chi connectivity index (χ0v) is 22.3. The zero-order valence-electron chi connectivity index (χ0n) is 21.5. The first-order valence-corrected chi connectivity index (χ1v) is 14.3. The summed E-state index contributed by atoms with van der Waals surface area (Å²) in [4.78, 5) is 28.9. The van der Waals surface area contributed by atoms with Crippen LogP contribution in [-0.4, -0.2) is 34.6 Å². The van der Waals surface area contributed by atoms with Gasteiger partial charge in [0.1, 0.15) is 17.7 Å². The van der Waals surface area contributed by atoms with E-state index in [1.807, 2.05) is 30.3 Å². The Labute approximate surface area is 227 Å². The molecule has 1 aliphatic rings. The van der Waals surface area contributed by atoms with Crippen molar-refractivity contribution in [2.45, 2.75) is 62.9 Å². The van der Waals surface area contributed by atoms with E-state index >= 15 is 0 Å². The van der Waals surface area contributed by atoms with Crippen molar-refractivity contribution in [3.63, 3.8) is 0 Å². The second-order valence-electron chi connectivity index (χ2n) is 9.78. The number of benzene rings is 3. The molecule has 3 aromatic carbocycles. The SMILES string of the molecule is O=C(NC1CCCCC1)[C@H](Cc1ccccc1)N(Cc1ccccc1F)C(=O)CSCc1ccc(F)cc1. The Morgan fingerprint density at radius 3 is 2.26 bits per heavy atom. The van der Waals surface area contributed by atoms with Gasteiger partial charge in [-0.15, -0.1) is 11.8 Å². The van der Waals surface area contributed by atoms with Gasteiger partial charge in [-0.25, -0.2) is 8.78 Å². The molecule has 0 spiro atoms. The van der Waals surface area contributed by atoms with Crippen LogP contribution in [0.2, 0.25) is 0 Å². The standard InChI is InChI=1S/C31H34F2N2O2S/c32-26-17-15-24(16-18-26)21-38-22-30(36)35(20-25-11-7-8-14-28(25)33)29(19-23-9-3-1-4-10-23)31(37)34-27-12-5-2-6-13-27/h1,3-4,7-11,14-18,27,29H,2,5-6,12-13,19-22H2,(H,34,37)/t29-/m0/s1. The van der Waals surface area contributed by atoms with Gasteiger partial charge in [0.25, 0.3) is 0 Å². The molecule has 1 aliphatic carbocycles. The number of rotatable bonds is 11. The van der Waals surface area contributed by atoms with Crippen LogP contribution in [-0.2, 0) is 28.3 Å². The number of nitrogens with one attached hydrogen (secondary N) is 1. The Balaban J connectivity index is 1.56. The summed E-state index contributed by atoms with van der Waals surface area (Å²) < 4.78 is 28.0. The summed E-state index contributed by atoms with van der Waals surface area (Å²) in [6.07, 6.45) is 5.51. The van der Waals surface area contributed by atoms with Crippen LogP contribution in [0.3, 0.4) is 0 Å². The van der Waals surface area contributed by atoms with E-state index in [0.29, 0.717) is 17.7 Å². The molecule has 4 rings (SSSR count). The van der Waals surface area contributed by atoms with Crippen molar-refractivity contribution in [3.05, 3.63) is 107 Å². The van der Waals surface area contributed by atoms with Gasteiger partial charge in [0.15, 0.2) is 0 Å². The molecule has 0 aliphatic heterocycles. The minimum Gasteiger partial charge on any atom is -0.352 e. The Morgan fingerprint density at radius 1 is 0.868 bits per heavy atom. The number of hydrogen-bond acceptors (Lipinski definition) is 3. The molecular formula is C31H34F2N2O2S. The number of halogens is 2. The van der Waals surface area contributed by atoms with Crippen LogP contribution in [0, 0.1) is 11.6 Å². The van der Waals surface area contributed by atoms with Gasteiger partial charge >= 0.3 is 0 Å². The van der Waals surface area contributed by atoms with Crippen LogP contribution in [0.25, 0.3) is 0 Å². The molecule has 200 valence electrons. The third-order valence-corrected chi connectivity index (χ3v) is 7.92. The highest BCUT2D eigenvalue weighted by atomic mass is 32.2. The van der Waals surface area contributed by atoms with Crippen molar-refractivity contribution >= 4 is 23.6 Å². The number of nitrogens with zero attached hydrogens (tertiary/aromatic N) is 1. The molecule has 0 saturated heterocycles. The van der Waals surface area contributed by atoms with Crippen LogP contribution < -0.4 is 5.32 Å². The molecule has 0 unspecified atom stereocenters. The molecular weight excluding hydrogens is 502 g/mol. The van der Waals surface area contributed by atoms with Crippen molar-refractivity contribution in [1.82, 2.24) is 10.2 Å². The lowest BCUT2D eigenvalue weighted by Gasteiger charge is -2.33. The van der Waals surface area contributed by atoms with Crippen LogP contribution in [0.5, 0.6) is 0 Å². The predicted molar refractivity (Wildman–Crippen MR) is 148 cm³/mol. The van der Waals surface area contributed by atoms with Crippen molar-refractivity contribution in [2.75, 3.05) is 5.75 Å². The molecule has 3 aromatic rings. The Kier molecular flexibility index (Phi) is 10.3. The maximum Gasteiger partial charge on any atom is 0.243 e. The molecule has 1 fully saturated rings. The van der Waals surface area contributed by atoms with Gasteiger partial charge in [-0.1, -0.05) is 79.9 Å². The summed E-state index contributed by atoms with van der Waals surface area (Å²) in [5, 5.41) is 3.19. The van der Waals surface area contributed by atoms with Gasteiger partial charge in [-0.05, 0) is 42.2 Å². The average molecular weight is 537 g/mol. The van der Waals surface area contributed by atoms with Crippen LogP contribution in [0.15, 0.2) is 78.9 Å². The molecule has 38 heavy (non-hydrogen) atoms. The second kappa shape index (κ2) is 14.1. The molecule has 0 heterocycles. The minimum atomic E-state index is -0.780. The van der Waals surface area contributed by atoms with Crippen LogP contribution >= 0.6 is 11.8 Å². The van der Waals surface area contributed by atoms with Crippen molar-refractivity contribution in [1.29, 1.82) is 0 Å². The molecule has 4 nitrogen and oxygen atoms in total. The molecule has 0 radical (unpaired) electrons. The first kappa shape index (κ1) is 27.8. The van der Waals surface area contributed by atoms with Gasteiger partial charge in [-0.3, -0.25) is 9.59 Å². The third-order valence-electron chi connectivity index (χ3n) is 6.93. The largest absolute Gasteiger partial charge is 0.352 e. The smallest absolute Gasteiger partial charge is 0.243 e. The van der Waals surface area contributed by atoms with Gasteiger partial charge in [0, 0.05) is 30.3 Å². The number of amides is 2. The van der Waals surface area contributed by atoms with Gasteiger partial charge in [0.05, 0.1) is 5.75 Å². The summed E-state index contributed by atoms with van der Waals surface area (Å²) in [7, 11) is 0. The molecule has 1 atom stereocenters. The van der Waals surface area contributed by atoms with E-state index in [2.05, 4.69) is 5.32 Å². The molecule has 1 saturated carbocycles. The fraction of sp³-hybridized carbons (Fsp3) is 0.355. The highest BCUT2D eigenvalue weighted by Crippen LogP contribution is 2.22. The molecule has 2 amide bonds. The first-order valence-electron chi connectivity index (χ1n) is 13.2. The molecule has 0 bridgehead atoms. The predicted octanol–water partition coefficient (Wildman–Crippen LogP) is 6.29. The normalized spacial score (nSPS) is 14.6. The monoisotopic (exact) mass is 536 g/mol. The van der Waals surface area contributed by atoms with E-state index in [1.54, 1.807) is 30.3 Å². The number of hydrogen-bond donors (Lipinski definition) is 1. The minimum absolute atomic E-state index is 0.00178. The Bertz CT molecular complexity index is 1180. The van der Waals surface area contributed by atoms with E-state index in [1.165, 1.54) is 41.3 Å². The van der Waals surface area contributed by atoms with Gasteiger partial charge < -0.3 is 10.2 Å². The number of carbonyl (C=O) groups excluding carboxylic acids is 2. The summed E-state index contributed by atoms with van der Waals surface area (Å²) in [6, 6.07) is 21.5. The number of thioether (sulfide) groups is 1. The third kappa shape index (κ3) is 8.15. The number of carbonyl (C=O) groups is 2. The van der Waals surface area contributed by atoms with Crippen molar-refractivity contribution in [2.24, 2.45) is 0 Å². The molecule has 0 aromatic heterocycles. The lowest BCUT2D eigenvalue weighted by Crippen LogP contribution is -2.53. The van der Waals surface area contributed by atoms with E-state index in [4.69, 9.17) is 0 Å². The fourth-order valence-electron chi connectivity index (χ4n) is 4.83. The van der Waals surface area contributed by atoms with E-state index in [-0.39, 0.29) is 36.0 Å². The molecule has 1 N–H and O–H groups in total. The van der Waals surface area contributed by atoms with E-state index in [0.717, 1.165) is 36.8 Å². The summed E-state index contributed by atoms with van der Waals surface area (Å²) in [6.45, 7) is -0.00178. The summed E-state index contributed by atoms with van der Waals surface area (Å²) in [5.74, 6) is -0.506. The summed E-state index contributed by atoms with van der Waals surface area (Å²) in [5.41, 5.74) is 2.20. The lowest BCUT2D eigenvalue weighted by atomic mass is 9.94. The maximum absolute atomic E-state index is 14.7. The maximum atomic E-state index is 14.7. The van der Waals surface area contributed by atoms with E-state index in [9.17, 15) is 18.4 Å². The Morgan fingerprint density at radius 2 is 1.55 bits per heavy atom. The lowest BCUT2D eigenvalue weighted by molar-refractivity contribution is -0.139. The summed E-state index contributed by atoms with van der Waals surface area (Å²) >= 11 is 1.40. The van der Waals surface area contributed by atoms with E-state index < -0.39 is 11.9 Å². The fourth-order valence-corrected chi connectivity index (χ4v) is 5.70. The zero-order chi connectivity index (χ0) is 26.7. The van der Waals surface area contributed by atoms with Crippen LogP contribution in [0.1, 0.15) is 48.8 Å². The quantitative estimate of drug-likeness (QED) is 0.314. The van der Waals surface area contributed by atoms with Crippen molar-refractivity contribution in [3.8, 4) is 0 Å². The second-order valence-corrected chi connectivity index (χ2v) is 10.8. The van der Waals surface area contributed by atoms with Gasteiger partial charge in [0.2, 0.25) is 11.8 Å². The first-order chi connectivity index (χ1) is 18.5. The van der Waals surface area contributed by atoms with Gasteiger partial charge in [-0.2, -0.15) is 0 Å². The van der Waals surface area contributed by atoms with Crippen LogP contribution in [0.4, 0.5) is 8.78 Å². The van der Waals surface area contributed by atoms with Crippen molar-refractivity contribution < 1.29 is 18.4 Å². The highest BCUT2D eigenvalue weighted by molar-refractivity contribution is 7.99. The average Bonchev–Trinajstić information content (AvgIpc) is 2.93. The highest BCUT2D eigenvalue weighted by Gasteiger charge is 2.32. The Hall–Kier alpha value is -3.19. The topological polar surface area (TPSA) is 49.4 Å².